The molecule has 1 fully saturated rings. The first kappa shape index (κ1) is 28.1. The zero-order valence-corrected chi connectivity index (χ0v) is 22.4. The molecule has 2 aromatic carbocycles. The number of ether oxygens (including phenoxy) is 3. The molecular weight excluding hydrogens is 482 g/mol. The van der Waals surface area contributed by atoms with Gasteiger partial charge >= 0.3 is 0 Å². The molecule has 4 rings (SSSR count). The van der Waals surface area contributed by atoms with Gasteiger partial charge in [-0.1, -0.05) is 18.6 Å². The van der Waals surface area contributed by atoms with Crippen molar-refractivity contribution >= 4 is 11.6 Å². The molecule has 3 N–H and O–H groups in total. The highest BCUT2D eigenvalue weighted by atomic mass is 16.5. The average Bonchev–Trinajstić information content (AvgIpc) is 2.90. The van der Waals surface area contributed by atoms with Crippen molar-refractivity contribution in [3.05, 3.63) is 59.2 Å². The summed E-state index contributed by atoms with van der Waals surface area (Å²) in [5.74, 6) is 2.34. The summed E-state index contributed by atoms with van der Waals surface area (Å²) in [6, 6.07) is 14.0. The van der Waals surface area contributed by atoms with Crippen molar-refractivity contribution in [3.8, 4) is 11.5 Å². The molecule has 1 unspecified atom stereocenters. The minimum atomic E-state index is -0.585. The molecule has 38 heavy (non-hydrogen) atoms. The Kier molecular flexibility index (Phi) is 11.0. The zero-order valence-electron chi connectivity index (χ0n) is 22.4. The smallest absolute Gasteiger partial charge is 0.240 e. The van der Waals surface area contributed by atoms with E-state index < -0.39 is 6.10 Å². The topological polar surface area (TPSA) is 101 Å². The zero-order chi connectivity index (χ0) is 26.6. The molecule has 0 radical (unpaired) electrons. The lowest BCUT2D eigenvalue weighted by Gasteiger charge is -2.24. The first-order chi connectivity index (χ1) is 18.6. The van der Waals surface area contributed by atoms with Crippen molar-refractivity contribution in [3.63, 3.8) is 0 Å². The molecule has 8 nitrogen and oxygen atoms in total. The lowest BCUT2D eigenvalue weighted by Crippen LogP contribution is -2.32. The van der Waals surface area contributed by atoms with Gasteiger partial charge in [0.15, 0.2) is 0 Å². The van der Waals surface area contributed by atoms with Crippen LogP contribution in [0.2, 0.25) is 0 Å². The van der Waals surface area contributed by atoms with E-state index in [4.69, 9.17) is 14.2 Å². The summed E-state index contributed by atoms with van der Waals surface area (Å²) in [6.07, 6.45) is 6.25. The van der Waals surface area contributed by atoms with Crippen LogP contribution in [-0.2, 0) is 16.0 Å². The maximum absolute atomic E-state index is 11.3. The maximum atomic E-state index is 11.3. The molecule has 0 saturated heterocycles. The molecule has 1 aliphatic carbocycles. The van der Waals surface area contributed by atoms with Crippen molar-refractivity contribution in [2.45, 2.75) is 58.0 Å². The Bertz CT molecular complexity index is 1050. The Morgan fingerprint density at radius 1 is 1.11 bits per heavy atom. The summed E-state index contributed by atoms with van der Waals surface area (Å²) in [4.78, 5) is 11.3. The number of hydrogen-bond donors (Lipinski definition) is 3. The molecule has 0 spiro atoms. The van der Waals surface area contributed by atoms with Crippen LogP contribution in [0.15, 0.2) is 47.6 Å². The first-order valence-electron chi connectivity index (χ1n) is 13.8. The van der Waals surface area contributed by atoms with Gasteiger partial charge in [-0.3, -0.25) is 4.79 Å². The van der Waals surface area contributed by atoms with E-state index >= 15 is 0 Å². The molecule has 0 aromatic heterocycles. The SMILES string of the molecule is Cc1cc(C2=NNC(=O)CC2)ccc1OCCCNCC(O)COc1ccc(CCOCC2CCC2)cc1. The van der Waals surface area contributed by atoms with Crippen LogP contribution in [0.5, 0.6) is 11.5 Å². The molecule has 1 saturated carbocycles. The van der Waals surface area contributed by atoms with Gasteiger partial charge in [-0.2, -0.15) is 5.10 Å². The third-order valence-corrected chi connectivity index (χ3v) is 7.03. The molecule has 206 valence electrons. The molecule has 0 bridgehead atoms. The van der Waals surface area contributed by atoms with Gasteiger partial charge in [-0.15, -0.1) is 0 Å². The second kappa shape index (κ2) is 14.9. The van der Waals surface area contributed by atoms with Crippen LogP contribution in [0.25, 0.3) is 0 Å². The van der Waals surface area contributed by atoms with E-state index in [2.05, 4.69) is 28.0 Å². The average molecular weight is 524 g/mol. The predicted octanol–water partition coefficient (Wildman–Crippen LogP) is 3.77. The first-order valence-corrected chi connectivity index (χ1v) is 13.8. The van der Waals surface area contributed by atoms with E-state index in [-0.39, 0.29) is 12.5 Å². The fraction of sp³-hybridized carbons (Fsp3) is 0.533. The van der Waals surface area contributed by atoms with Crippen molar-refractivity contribution < 1.29 is 24.1 Å². The van der Waals surface area contributed by atoms with Crippen LogP contribution < -0.4 is 20.2 Å². The van der Waals surface area contributed by atoms with Crippen molar-refractivity contribution in [1.29, 1.82) is 0 Å². The third kappa shape index (κ3) is 9.11. The Labute approximate surface area is 225 Å². The summed E-state index contributed by atoms with van der Waals surface area (Å²) in [6.45, 7) is 5.69. The lowest BCUT2D eigenvalue weighted by atomic mass is 9.86. The molecular formula is C30H41N3O5. The number of hydrogen-bond acceptors (Lipinski definition) is 7. The normalized spacial score (nSPS) is 16.4. The van der Waals surface area contributed by atoms with Crippen LogP contribution in [-0.4, -0.2) is 62.3 Å². The minimum Gasteiger partial charge on any atom is -0.493 e. The molecule has 1 atom stereocenters. The van der Waals surface area contributed by atoms with Crippen LogP contribution in [0.3, 0.4) is 0 Å². The quantitative estimate of drug-likeness (QED) is 0.290. The predicted molar refractivity (Wildman–Crippen MR) is 148 cm³/mol. The van der Waals surface area contributed by atoms with E-state index in [9.17, 15) is 9.90 Å². The summed E-state index contributed by atoms with van der Waals surface area (Å²) >= 11 is 0. The van der Waals surface area contributed by atoms with Crippen molar-refractivity contribution in [2.75, 3.05) is 39.5 Å². The number of amides is 1. The molecule has 1 heterocycles. The van der Waals surface area contributed by atoms with Gasteiger partial charge in [0, 0.05) is 26.0 Å². The molecule has 8 heteroatoms. The van der Waals surface area contributed by atoms with Crippen LogP contribution in [0, 0.1) is 12.8 Å². The Balaban J connectivity index is 1.04. The summed E-state index contributed by atoms with van der Waals surface area (Å²) in [7, 11) is 0. The number of aliphatic hydroxyl groups is 1. The number of carbonyl (C=O) groups excluding carboxylic acids is 1. The monoisotopic (exact) mass is 523 g/mol. The number of benzene rings is 2. The van der Waals surface area contributed by atoms with E-state index in [1.54, 1.807) is 0 Å². The van der Waals surface area contributed by atoms with Gasteiger partial charge in [-0.25, -0.2) is 5.43 Å². The van der Waals surface area contributed by atoms with Crippen LogP contribution >= 0.6 is 0 Å². The van der Waals surface area contributed by atoms with Gasteiger partial charge in [-0.05, 0) is 92.1 Å². The van der Waals surface area contributed by atoms with E-state index in [1.807, 2.05) is 37.3 Å². The Morgan fingerprint density at radius 3 is 2.66 bits per heavy atom. The second-order valence-corrected chi connectivity index (χ2v) is 10.2. The highest BCUT2D eigenvalue weighted by Gasteiger charge is 2.17. The molecule has 1 amide bonds. The van der Waals surface area contributed by atoms with Gasteiger partial charge in [0.1, 0.15) is 24.2 Å². The van der Waals surface area contributed by atoms with Gasteiger partial charge in [0.2, 0.25) is 5.91 Å². The number of hydrazone groups is 1. The van der Waals surface area contributed by atoms with Crippen molar-refractivity contribution in [2.24, 2.45) is 11.0 Å². The van der Waals surface area contributed by atoms with Gasteiger partial charge in [0.05, 0.1) is 18.9 Å². The fourth-order valence-corrected chi connectivity index (χ4v) is 4.42. The number of carbonyl (C=O) groups is 1. The van der Waals surface area contributed by atoms with Gasteiger partial charge in [0.25, 0.3) is 0 Å². The van der Waals surface area contributed by atoms with E-state index in [0.29, 0.717) is 26.0 Å². The maximum Gasteiger partial charge on any atom is 0.240 e. The number of aliphatic hydroxyl groups excluding tert-OH is 1. The number of nitrogens with one attached hydrogen (secondary N) is 2. The number of rotatable bonds is 16. The third-order valence-electron chi connectivity index (χ3n) is 7.03. The minimum absolute atomic E-state index is 0.0418. The standard InChI is InChI=1S/C30H41N3O5/c1-22-18-25(28-11-13-30(35)33-32-28)8-12-29(22)37-16-3-15-31-19-26(34)21-38-27-9-6-23(7-10-27)14-17-36-20-24-4-2-5-24/h6-10,12,18,24,26,31,34H,2-5,11,13-17,19-21H2,1H3,(H,33,35). The number of nitrogens with zero attached hydrogens (tertiary/aromatic N) is 1. The van der Waals surface area contributed by atoms with Gasteiger partial charge < -0.3 is 24.6 Å². The lowest BCUT2D eigenvalue weighted by molar-refractivity contribution is -0.121. The highest BCUT2D eigenvalue weighted by Crippen LogP contribution is 2.26. The number of aryl methyl sites for hydroxylation is 1. The van der Waals surface area contributed by atoms with Crippen molar-refractivity contribution in [1.82, 2.24) is 10.7 Å². The second-order valence-electron chi connectivity index (χ2n) is 10.2. The molecule has 2 aliphatic rings. The Morgan fingerprint density at radius 2 is 1.95 bits per heavy atom. The van der Waals surface area contributed by atoms with E-state index in [1.165, 1.54) is 24.8 Å². The van der Waals surface area contributed by atoms with Crippen LogP contribution in [0.4, 0.5) is 0 Å². The molecule has 1 aliphatic heterocycles. The fourth-order valence-electron chi connectivity index (χ4n) is 4.42. The summed E-state index contributed by atoms with van der Waals surface area (Å²) in [5, 5.41) is 17.6. The highest BCUT2D eigenvalue weighted by molar-refractivity contribution is 6.04. The Hall–Kier alpha value is -2.94. The largest absolute Gasteiger partial charge is 0.493 e. The summed E-state index contributed by atoms with van der Waals surface area (Å²) in [5.41, 5.74) is 6.70. The van der Waals surface area contributed by atoms with E-state index in [0.717, 1.165) is 66.9 Å². The summed E-state index contributed by atoms with van der Waals surface area (Å²) < 4.78 is 17.4. The van der Waals surface area contributed by atoms with Crippen LogP contribution in [0.1, 0.15) is 55.2 Å². The molecule has 2 aromatic rings.